The quantitative estimate of drug-likeness (QED) is 0.529. The Kier molecular flexibility index (Phi) is 7.71. The monoisotopic (exact) mass is 448 g/mol. The average Bonchev–Trinajstić information content (AvgIpc) is 2.79. The van der Waals surface area contributed by atoms with Gasteiger partial charge in [0, 0.05) is 12.2 Å². The molecule has 0 bridgehead atoms. The Morgan fingerprint density at radius 3 is 2.36 bits per heavy atom. The number of carbonyl (C=O) groups excluding carboxylic acids is 3. The van der Waals surface area contributed by atoms with Crippen molar-refractivity contribution >= 4 is 34.5 Å². The van der Waals surface area contributed by atoms with Gasteiger partial charge in [-0.25, -0.2) is 14.8 Å². The van der Waals surface area contributed by atoms with Gasteiger partial charge in [-0.15, -0.1) is 0 Å². The maximum Gasteiger partial charge on any atom is 0.338 e. The summed E-state index contributed by atoms with van der Waals surface area (Å²) in [7, 11) is 0. The van der Waals surface area contributed by atoms with Gasteiger partial charge in [0.2, 0.25) is 5.91 Å². The predicted molar refractivity (Wildman–Crippen MR) is 126 cm³/mol. The van der Waals surface area contributed by atoms with E-state index in [0.717, 1.165) is 17.0 Å². The number of anilines is 1. The largest absolute Gasteiger partial charge is 0.452 e. The third-order valence-corrected chi connectivity index (χ3v) is 5.24. The molecule has 0 unspecified atom stereocenters. The van der Waals surface area contributed by atoms with E-state index in [-0.39, 0.29) is 18.0 Å². The Morgan fingerprint density at radius 1 is 0.970 bits per heavy atom. The normalized spacial score (nSPS) is 10.7. The van der Waals surface area contributed by atoms with Crippen molar-refractivity contribution in [2.75, 3.05) is 25.0 Å². The van der Waals surface area contributed by atoms with Crippen molar-refractivity contribution in [3.63, 3.8) is 0 Å². The van der Waals surface area contributed by atoms with Crippen molar-refractivity contribution in [1.29, 1.82) is 0 Å². The highest BCUT2D eigenvalue weighted by molar-refractivity contribution is 5.97. The van der Waals surface area contributed by atoms with Gasteiger partial charge in [-0.1, -0.05) is 25.1 Å². The molecule has 0 atom stereocenters. The number of rotatable bonds is 8. The molecule has 8 nitrogen and oxygen atoms in total. The molecular formula is C25H28N4O4. The Labute approximate surface area is 193 Å². The summed E-state index contributed by atoms with van der Waals surface area (Å²) in [5, 5.41) is 2.82. The number of ether oxygens (including phenoxy) is 1. The fourth-order valence-corrected chi connectivity index (χ4v) is 3.30. The number of hydrogen-bond donors (Lipinski definition) is 1. The number of carbonyl (C=O) groups is 3. The smallest absolute Gasteiger partial charge is 0.338 e. The molecule has 172 valence electrons. The molecule has 0 aliphatic heterocycles. The number of aryl methyl sites for hydroxylation is 3. The highest BCUT2D eigenvalue weighted by Gasteiger charge is 2.19. The summed E-state index contributed by atoms with van der Waals surface area (Å²) in [6, 6.07) is 12.3. The lowest BCUT2D eigenvalue weighted by Gasteiger charge is -2.21. The zero-order chi connectivity index (χ0) is 24.0. The third kappa shape index (κ3) is 6.12. The summed E-state index contributed by atoms with van der Waals surface area (Å²) in [5.74, 6) is -1.38. The van der Waals surface area contributed by atoms with Crippen LogP contribution in [-0.2, 0) is 14.3 Å². The Bertz CT molecular complexity index is 1190. The first kappa shape index (κ1) is 23.8. The molecule has 33 heavy (non-hydrogen) atoms. The fourth-order valence-electron chi connectivity index (χ4n) is 3.30. The minimum absolute atomic E-state index is 0.122. The van der Waals surface area contributed by atoms with Crippen LogP contribution >= 0.6 is 0 Å². The van der Waals surface area contributed by atoms with Gasteiger partial charge in [0.15, 0.2) is 6.61 Å². The van der Waals surface area contributed by atoms with Gasteiger partial charge in [-0.05, 0) is 57.0 Å². The average molecular weight is 449 g/mol. The third-order valence-electron chi connectivity index (χ3n) is 5.24. The number of benzene rings is 2. The number of amides is 2. The van der Waals surface area contributed by atoms with Crippen molar-refractivity contribution in [3.8, 4) is 0 Å². The van der Waals surface area contributed by atoms with Crippen LogP contribution in [0.3, 0.4) is 0 Å². The van der Waals surface area contributed by atoms with Crippen LogP contribution in [0.4, 0.5) is 5.69 Å². The second kappa shape index (κ2) is 10.7. The van der Waals surface area contributed by atoms with E-state index in [0.29, 0.717) is 29.7 Å². The number of hydrogen-bond acceptors (Lipinski definition) is 6. The van der Waals surface area contributed by atoms with Crippen LogP contribution in [0.15, 0.2) is 42.5 Å². The first-order chi connectivity index (χ1) is 15.8. The van der Waals surface area contributed by atoms with E-state index in [2.05, 4.69) is 15.3 Å². The molecule has 3 aromatic rings. The van der Waals surface area contributed by atoms with E-state index in [4.69, 9.17) is 4.74 Å². The van der Waals surface area contributed by atoms with E-state index in [9.17, 15) is 14.4 Å². The number of nitrogens with one attached hydrogen (secondary N) is 1. The van der Waals surface area contributed by atoms with Crippen molar-refractivity contribution in [2.24, 2.45) is 0 Å². The van der Waals surface area contributed by atoms with Crippen LogP contribution in [0.2, 0.25) is 0 Å². The first-order valence-electron chi connectivity index (χ1n) is 10.8. The van der Waals surface area contributed by atoms with Crippen LogP contribution in [0.1, 0.15) is 40.7 Å². The molecule has 0 saturated carbocycles. The molecule has 1 aromatic heterocycles. The zero-order valence-corrected chi connectivity index (χ0v) is 19.3. The van der Waals surface area contributed by atoms with Crippen LogP contribution in [0.5, 0.6) is 0 Å². The number of esters is 1. The molecular weight excluding hydrogens is 420 g/mol. The number of para-hydroxylation sites is 1. The molecule has 0 fully saturated rings. The summed E-state index contributed by atoms with van der Waals surface area (Å²) < 4.78 is 5.23. The van der Waals surface area contributed by atoms with Crippen LogP contribution in [0, 0.1) is 20.8 Å². The highest BCUT2D eigenvalue weighted by Crippen LogP contribution is 2.16. The molecule has 3 rings (SSSR count). The van der Waals surface area contributed by atoms with E-state index >= 15 is 0 Å². The molecule has 2 aromatic carbocycles. The van der Waals surface area contributed by atoms with E-state index in [1.807, 2.05) is 45.9 Å². The van der Waals surface area contributed by atoms with Crippen LogP contribution in [-0.4, -0.2) is 52.3 Å². The summed E-state index contributed by atoms with van der Waals surface area (Å²) in [5.41, 5.74) is 4.78. The van der Waals surface area contributed by atoms with E-state index in [1.165, 1.54) is 4.90 Å². The van der Waals surface area contributed by atoms with Gasteiger partial charge in [0.1, 0.15) is 0 Å². The van der Waals surface area contributed by atoms with E-state index in [1.54, 1.807) is 24.3 Å². The predicted octanol–water partition coefficient (Wildman–Crippen LogP) is 3.59. The van der Waals surface area contributed by atoms with E-state index < -0.39 is 18.5 Å². The molecule has 2 amide bonds. The second-order valence-corrected chi connectivity index (χ2v) is 7.85. The van der Waals surface area contributed by atoms with Gasteiger partial charge in [0.25, 0.3) is 5.91 Å². The van der Waals surface area contributed by atoms with Crippen LogP contribution in [0.25, 0.3) is 11.0 Å². The van der Waals surface area contributed by atoms with Crippen LogP contribution < -0.4 is 5.32 Å². The van der Waals surface area contributed by atoms with Crippen molar-refractivity contribution in [3.05, 3.63) is 65.0 Å². The van der Waals surface area contributed by atoms with Gasteiger partial charge in [-0.2, -0.15) is 0 Å². The molecule has 8 heteroatoms. The zero-order valence-electron chi connectivity index (χ0n) is 19.3. The number of aromatic nitrogens is 2. The molecule has 1 N–H and O–H groups in total. The molecule has 1 heterocycles. The maximum atomic E-state index is 12.7. The van der Waals surface area contributed by atoms with Gasteiger partial charge < -0.3 is 15.0 Å². The fraction of sp³-hybridized carbons (Fsp3) is 0.320. The minimum atomic E-state index is -0.633. The topological polar surface area (TPSA) is 101 Å². The van der Waals surface area contributed by atoms with Gasteiger partial charge in [-0.3, -0.25) is 9.59 Å². The lowest BCUT2D eigenvalue weighted by Crippen LogP contribution is -2.40. The van der Waals surface area contributed by atoms with Crippen molar-refractivity contribution < 1.29 is 19.1 Å². The molecule has 0 saturated heterocycles. The summed E-state index contributed by atoms with van der Waals surface area (Å²) in [6.45, 7) is 7.33. The Balaban J connectivity index is 1.61. The lowest BCUT2D eigenvalue weighted by atomic mass is 10.2. The SMILES string of the molecule is CCCN(CC(=O)Nc1ccccc1C)C(=O)COC(=O)c1ccc2nc(C)c(C)nc2c1. The summed E-state index contributed by atoms with van der Waals surface area (Å²) in [6.07, 6.45) is 0.666. The number of fused-ring (bicyclic) bond motifs is 1. The number of nitrogens with zero attached hydrogens (tertiary/aromatic N) is 3. The standard InChI is InChI=1S/C25H28N4O4/c1-5-12-29(14-23(30)28-20-9-7-6-8-16(20)2)24(31)15-33-25(32)19-10-11-21-22(13-19)27-18(4)17(3)26-21/h6-11,13H,5,12,14-15H2,1-4H3,(H,28,30). The van der Waals surface area contributed by atoms with Gasteiger partial charge >= 0.3 is 5.97 Å². The van der Waals surface area contributed by atoms with Crippen molar-refractivity contribution in [1.82, 2.24) is 14.9 Å². The molecule has 0 radical (unpaired) electrons. The second-order valence-electron chi connectivity index (χ2n) is 7.85. The first-order valence-corrected chi connectivity index (χ1v) is 10.8. The summed E-state index contributed by atoms with van der Waals surface area (Å²) in [4.78, 5) is 47.9. The minimum Gasteiger partial charge on any atom is -0.452 e. The van der Waals surface area contributed by atoms with Gasteiger partial charge in [0.05, 0.1) is 34.5 Å². The highest BCUT2D eigenvalue weighted by atomic mass is 16.5. The molecule has 0 aliphatic rings. The Hall–Kier alpha value is -3.81. The molecule has 0 aliphatic carbocycles. The lowest BCUT2D eigenvalue weighted by molar-refractivity contribution is -0.137. The Morgan fingerprint density at radius 2 is 1.67 bits per heavy atom. The van der Waals surface area contributed by atoms with Crippen molar-refractivity contribution in [2.45, 2.75) is 34.1 Å². The molecule has 0 spiro atoms. The maximum absolute atomic E-state index is 12.7. The summed E-state index contributed by atoms with van der Waals surface area (Å²) >= 11 is 0.